The fraction of sp³-hybridized carbons (Fsp3) is 0.143. The maximum atomic E-state index is 12.0. The van der Waals surface area contributed by atoms with Gasteiger partial charge < -0.3 is 9.30 Å². The number of hydrogen-bond acceptors (Lipinski definition) is 5. The van der Waals surface area contributed by atoms with Crippen LogP contribution >= 0.6 is 0 Å². The summed E-state index contributed by atoms with van der Waals surface area (Å²) in [6.07, 6.45) is 4.70. The molecule has 7 nitrogen and oxygen atoms in total. The minimum Gasteiger partial charge on any atom is -0.465 e. The Bertz CT molecular complexity index is 1040. The first-order valence-electron chi connectivity index (χ1n) is 8.62. The van der Waals surface area contributed by atoms with Crippen molar-refractivity contribution in [3.8, 4) is 5.69 Å². The zero-order valence-corrected chi connectivity index (χ0v) is 15.8. The van der Waals surface area contributed by atoms with Crippen molar-refractivity contribution in [2.45, 2.75) is 13.8 Å². The van der Waals surface area contributed by atoms with Gasteiger partial charge in [0.25, 0.3) is 5.91 Å². The van der Waals surface area contributed by atoms with E-state index in [-0.39, 0.29) is 11.9 Å². The molecule has 0 fully saturated rings. The van der Waals surface area contributed by atoms with Crippen molar-refractivity contribution in [1.29, 1.82) is 0 Å². The predicted molar refractivity (Wildman–Crippen MR) is 106 cm³/mol. The summed E-state index contributed by atoms with van der Waals surface area (Å²) in [6, 6.07) is 12.4. The number of nitrogens with zero attached hydrogens (tertiary/aromatic N) is 3. The van der Waals surface area contributed by atoms with Crippen LogP contribution in [0.25, 0.3) is 5.69 Å². The van der Waals surface area contributed by atoms with Crippen LogP contribution in [0, 0.1) is 13.8 Å². The Kier molecular flexibility index (Phi) is 5.64. The lowest BCUT2D eigenvalue weighted by Crippen LogP contribution is -2.17. The van der Waals surface area contributed by atoms with Gasteiger partial charge in [-0.2, -0.15) is 5.10 Å². The fourth-order valence-corrected chi connectivity index (χ4v) is 2.93. The second kappa shape index (κ2) is 8.30. The Labute approximate surface area is 162 Å². The monoisotopic (exact) mass is 376 g/mol. The van der Waals surface area contributed by atoms with Gasteiger partial charge in [0.2, 0.25) is 0 Å². The molecule has 7 heteroatoms. The summed E-state index contributed by atoms with van der Waals surface area (Å²) in [6.45, 7) is 3.91. The van der Waals surface area contributed by atoms with Gasteiger partial charge in [-0.1, -0.05) is 6.07 Å². The summed E-state index contributed by atoms with van der Waals surface area (Å²) < 4.78 is 6.80. The van der Waals surface area contributed by atoms with E-state index in [4.69, 9.17) is 4.74 Å². The quantitative estimate of drug-likeness (QED) is 0.421. The summed E-state index contributed by atoms with van der Waals surface area (Å²) in [5.74, 6) is -0.692. The standard InChI is InChI=1S/C21H20N4O3/c1-14-11-18(13-23-24-20(26)16-7-9-22-10-8-16)15(2)25(14)19-6-4-5-17(12-19)21(27)28-3/h4-13H,1-3H3,(H,24,26)/b23-13-. The Morgan fingerprint density at radius 2 is 1.86 bits per heavy atom. The first kappa shape index (κ1) is 19.0. The number of carbonyl (C=O) groups is 2. The molecule has 3 rings (SSSR count). The highest BCUT2D eigenvalue weighted by Gasteiger charge is 2.12. The van der Waals surface area contributed by atoms with Crippen LogP contribution < -0.4 is 5.43 Å². The molecule has 0 saturated heterocycles. The van der Waals surface area contributed by atoms with Crippen molar-refractivity contribution in [3.63, 3.8) is 0 Å². The van der Waals surface area contributed by atoms with Crippen LogP contribution in [-0.4, -0.2) is 34.8 Å². The fourth-order valence-electron chi connectivity index (χ4n) is 2.93. The molecule has 0 aliphatic heterocycles. The minimum atomic E-state index is -0.384. The SMILES string of the molecule is COC(=O)c1cccc(-n2c(C)cc(/C=N\NC(=O)c3ccncc3)c2C)c1. The number of esters is 1. The van der Waals surface area contributed by atoms with E-state index in [1.54, 1.807) is 42.9 Å². The van der Waals surface area contributed by atoms with Gasteiger partial charge in [-0.25, -0.2) is 10.2 Å². The Balaban J connectivity index is 1.82. The predicted octanol–water partition coefficient (Wildman–Crippen LogP) is 3.04. The van der Waals surface area contributed by atoms with Gasteiger partial charge in [0.1, 0.15) is 0 Å². The van der Waals surface area contributed by atoms with Gasteiger partial charge in [-0.3, -0.25) is 9.78 Å². The van der Waals surface area contributed by atoms with Crippen molar-refractivity contribution >= 4 is 18.1 Å². The lowest BCUT2D eigenvalue weighted by molar-refractivity contribution is 0.0600. The van der Waals surface area contributed by atoms with Crippen molar-refractivity contribution in [2.75, 3.05) is 7.11 Å². The molecule has 0 aliphatic rings. The third-order valence-electron chi connectivity index (χ3n) is 4.31. The number of amides is 1. The lowest BCUT2D eigenvalue weighted by Gasteiger charge is -2.10. The lowest BCUT2D eigenvalue weighted by atomic mass is 10.2. The van der Waals surface area contributed by atoms with E-state index >= 15 is 0 Å². The van der Waals surface area contributed by atoms with Gasteiger partial charge in [0.15, 0.2) is 0 Å². The van der Waals surface area contributed by atoms with E-state index in [9.17, 15) is 9.59 Å². The first-order chi connectivity index (χ1) is 13.5. The number of nitrogens with one attached hydrogen (secondary N) is 1. The summed E-state index contributed by atoms with van der Waals surface area (Å²) in [5.41, 5.74) is 7.08. The number of hydrazone groups is 1. The number of aromatic nitrogens is 2. The van der Waals surface area contributed by atoms with Crippen LogP contribution in [0.4, 0.5) is 0 Å². The third-order valence-corrected chi connectivity index (χ3v) is 4.31. The average Bonchev–Trinajstić information content (AvgIpc) is 3.01. The van der Waals surface area contributed by atoms with Gasteiger partial charge in [-0.05, 0) is 50.2 Å². The van der Waals surface area contributed by atoms with Crippen LogP contribution in [-0.2, 0) is 4.74 Å². The zero-order valence-electron chi connectivity index (χ0n) is 15.8. The highest BCUT2D eigenvalue weighted by atomic mass is 16.5. The van der Waals surface area contributed by atoms with Crippen molar-refractivity contribution in [1.82, 2.24) is 15.0 Å². The van der Waals surface area contributed by atoms with E-state index in [2.05, 4.69) is 15.5 Å². The molecule has 0 bridgehead atoms. The molecule has 0 atom stereocenters. The van der Waals surface area contributed by atoms with E-state index in [0.29, 0.717) is 11.1 Å². The average molecular weight is 376 g/mol. The molecule has 142 valence electrons. The minimum absolute atomic E-state index is 0.307. The number of carbonyl (C=O) groups excluding carboxylic acids is 2. The summed E-state index contributed by atoms with van der Waals surface area (Å²) >= 11 is 0. The number of pyridine rings is 1. The van der Waals surface area contributed by atoms with Crippen molar-refractivity contribution in [2.24, 2.45) is 5.10 Å². The Hall–Kier alpha value is -3.74. The number of benzene rings is 1. The molecule has 0 unspecified atom stereocenters. The van der Waals surface area contributed by atoms with Gasteiger partial charge in [-0.15, -0.1) is 0 Å². The third kappa shape index (κ3) is 3.98. The van der Waals surface area contributed by atoms with E-state index < -0.39 is 0 Å². The van der Waals surface area contributed by atoms with Gasteiger partial charge in [0, 0.05) is 40.6 Å². The number of methoxy groups -OCH3 is 1. The Morgan fingerprint density at radius 1 is 1.11 bits per heavy atom. The summed E-state index contributed by atoms with van der Waals surface area (Å²) in [4.78, 5) is 27.7. The normalized spacial score (nSPS) is 10.8. The van der Waals surface area contributed by atoms with Crippen LogP contribution in [0.5, 0.6) is 0 Å². The second-order valence-corrected chi connectivity index (χ2v) is 6.14. The first-order valence-corrected chi connectivity index (χ1v) is 8.62. The molecule has 0 aliphatic carbocycles. The largest absolute Gasteiger partial charge is 0.465 e. The highest BCUT2D eigenvalue weighted by molar-refractivity contribution is 5.94. The number of aryl methyl sites for hydroxylation is 1. The van der Waals surface area contributed by atoms with Crippen molar-refractivity contribution in [3.05, 3.63) is 82.9 Å². The van der Waals surface area contributed by atoms with Crippen molar-refractivity contribution < 1.29 is 14.3 Å². The van der Waals surface area contributed by atoms with Crippen LogP contribution in [0.15, 0.2) is 60.0 Å². The number of hydrogen-bond donors (Lipinski definition) is 1. The maximum Gasteiger partial charge on any atom is 0.337 e. The van der Waals surface area contributed by atoms with E-state index in [1.807, 2.05) is 36.6 Å². The van der Waals surface area contributed by atoms with Crippen LogP contribution in [0.2, 0.25) is 0 Å². The highest BCUT2D eigenvalue weighted by Crippen LogP contribution is 2.21. The van der Waals surface area contributed by atoms with Gasteiger partial charge >= 0.3 is 5.97 Å². The van der Waals surface area contributed by atoms with Crippen LogP contribution in [0.1, 0.15) is 37.7 Å². The molecule has 1 amide bonds. The molecular weight excluding hydrogens is 356 g/mol. The smallest absolute Gasteiger partial charge is 0.337 e. The molecule has 2 heterocycles. The second-order valence-electron chi connectivity index (χ2n) is 6.14. The molecule has 3 aromatic rings. The molecule has 0 saturated carbocycles. The maximum absolute atomic E-state index is 12.0. The Morgan fingerprint density at radius 3 is 2.57 bits per heavy atom. The van der Waals surface area contributed by atoms with Gasteiger partial charge in [0.05, 0.1) is 18.9 Å². The topological polar surface area (TPSA) is 85.6 Å². The van der Waals surface area contributed by atoms with E-state index in [0.717, 1.165) is 22.6 Å². The summed E-state index contributed by atoms with van der Waals surface area (Å²) in [5, 5.41) is 4.05. The van der Waals surface area contributed by atoms with Crippen LogP contribution in [0.3, 0.4) is 0 Å². The number of rotatable bonds is 5. The molecule has 2 aromatic heterocycles. The molecular formula is C21H20N4O3. The number of ether oxygens (including phenoxy) is 1. The summed E-state index contributed by atoms with van der Waals surface area (Å²) in [7, 11) is 1.36. The van der Waals surface area contributed by atoms with E-state index in [1.165, 1.54) is 7.11 Å². The molecule has 1 aromatic carbocycles. The molecule has 28 heavy (non-hydrogen) atoms. The zero-order chi connectivity index (χ0) is 20.1. The molecule has 0 radical (unpaired) electrons. The molecule has 1 N–H and O–H groups in total. The molecule has 0 spiro atoms.